The summed E-state index contributed by atoms with van der Waals surface area (Å²) in [5.41, 5.74) is 3.35. The van der Waals surface area contributed by atoms with Crippen LogP contribution in [0.3, 0.4) is 0 Å². The predicted octanol–water partition coefficient (Wildman–Crippen LogP) is 3.31. The van der Waals surface area contributed by atoms with Crippen LogP contribution in [0.5, 0.6) is 0 Å². The van der Waals surface area contributed by atoms with Gasteiger partial charge in [-0.05, 0) is 50.8 Å². The van der Waals surface area contributed by atoms with Gasteiger partial charge in [0.25, 0.3) is 5.91 Å². The van der Waals surface area contributed by atoms with Crippen LogP contribution >= 0.6 is 0 Å². The number of carboxylic acid groups (broad SMARTS) is 1. The Morgan fingerprint density at radius 2 is 2.05 bits per heavy atom. The van der Waals surface area contributed by atoms with Gasteiger partial charge in [-0.25, -0.2) is 0 Å². The van der Waals surface area contributed by atoms with Crippen LogP contribution in [0.1, 0.15) is 44.6 Å². The molecule has 0 radical (unpaired) electrons. The Labute approximate surface area is 118 Å². The molecular weight excluding hydrogens is 254 g/mol. The number of carboxylic acids is 1. The Bertz CT molecular complexity index is 575. The molecule has 4 heteroatoms. The average Bonchev–Trinajstić information content (AvgIpc) is 2.84. The van der Waals surface area contributed by atoms with Crippen LogP contribution in [0.4, 0.5) is 5.69 Å². The number of hydrogen-bond donors (Lipinski definition) is 2. The highest BCUT2D eigenvalue weighted by molar-refractivity contribution is 6.04. The molecule has 1 amide bonds. The first kappa shape index (κ1) is 14.3. The SMILES string of the molecule is CC1=C(C(=O)Nc2cccc(C(C)C(=O)O)c2)CCC1. The van der Waals surface area contributed by atoms with Crippen molar-refractivity contribution in [3.05, 3.63) is 41.0 Å². The number of hydrogen-bond acceptors (Lipinski definition) is 2. The van der Waals surface area contributed by atoms with Crippen molar-refractivity contribution in [2.45, 2.75) is 39.0 Å². The minimum atomic E-state index is -0.872. The van der Waals surface area contributed by atoms with Crippen molar-refractivity contribution in [1.82, 2.24) is 0 Å². The molecule has 0 spiro atoms. The molecule has 0 bridgehead atoms. The van der Waals surface area contributed by atoms with Crippen molar-refractivity contribution < 1.29 is 14.7 Å². The average molecular weight is 273 g/mol. The number of rotatable bonds is 4. The highest BCUT2D eigenvalue weighted by Crippen LogP contribution is 2.27. The van der Waals surface area contributed by atoms with E-state index in [1.807, 2.05) is 6.92 Å². The smallest absolute Gasteiger partial charge is 0.310 e. The summed E-state index contributed by atoms with van der Waals surface area (Å²) in [7, 11) is 0. The van der Waals surface area contributed by atoms with Crippen LogP contribution in [0.2, 0.25) is 0 Å². The molecule has 0 fully saturated rings. The zero-order chi connectivity index (χ0) is 14.7. The predicted molar refractivity (Wildman–Crippen MR) is 77.7 cm³/mol. The topological polar surface area (TPSA) is 66.4 Å². The Balaban J connectivity index is 2.14. The maximum Gasteiger partial charge on any atom is 0.310 e. The second-order valence-corrected chi connectivity index (χ2v) is 5.25. The van der Waals surface area contributed by atoms with Crippen LogP contribution in [-0.2, 0) is 9.59 Å². The molecule has 1 aliphatic rings. The van der Waals surface area contributed by atoms with E-state index in [-0.39, 0.29) is 5.91 Å². The highest BCUT2D eigenvalue weighted by Gasteiger charge is 2.19. The van der Waals surface area contributed by atoms with Gasteiger partial charge in [0.1, 0.15) is 0 Å². The van der Waals surface area contributed by atoms with E-state index in [1.54, 1.807) is 31.2 Å². The fourth-order valence-corrected chi connectivity index (χ4v) is 2.44. The van der Waals surface area contributed by atoms with Crippen molar-refractivity contribution >= 4 is 17.6 Å². The third-order valence-electron chi connectivity index (χ3n) is 3.78. The molecule has 1 aromatic carbocycles. The van der Waals surface area contributed by atoms with Gasteiger partial charge in [0, 0.05) is 11.3 Å². The van der Waals surface area contributed by atoms with Crippen molar-refractivity contribution in [2.24, 2.45) is 0 Å². The third-order valence-corrected chi connectivity index (χ3v) is 3.78. The van der Waals surface area contributed by atoms with E-state index >= 15 is 0 Å². The maximum absolute atomic E-state index is 12.2. The fraction of sp³-hybridized carbons (Fsp3) is 0.375. The number of carbonyl (C=O) groups excluding carboxylic acids is 1. The lowest BCUT2D eigenvalue weighted by Crippen LogP contribution is -2.15. The van der Waals surface area contributed by atoms with E-state index in [9.17, 15) is 9.59 Å². The summed E-state index contributed by atoms with van der Waals surface area (Å²) in [5.74, 6) is -1.53. The first-order chi connectivity index (χ1) is 9.49. The van der Waals surface area contributed by atoms with Crippen LogP contribution in [0, 0.1) is 0 Å². The maximum atomic E-state index is 12.2. The molecule has 4 nitrogen and oxygen atoms in total. The first-order valence-corrected chi connectivity index (χ1v) is 6.82. The normalized spacial score (nSPS) is 16.1. The quantitative estimate of drug-likeness (QED) is 0.884. The van der Waals surface area contributed by atoms with Crippen molar-refractivity contribution in [3.63, 3.8) is 0 Å². The zero-order valence-electron chi connectivity index (χ0n) is 11.8. The molecule has 106 valence electrons. The molecule has 0 saturated heterocycles. The summed E-state index contributed by atoms with van der Waals surface area (Å²) < 4.78 is 0. The zero-order valence-corrected chi connectivity index (χ0v) is 11.8. The molecule has 1 aromatic rings. The van der Waals surface area contributed by atoms with Gasteiger partial charge in [0.05, 0.1) is 5.92 Å². The van der Waals surface area contributed by atoms with Gasteiger partial charge in [-0.1, -0.05) is 17.7 Å². The Morgan fingerprint density at radius 1 is 1.30 bits per heavy atom. The van der Waals surface area contributed by atoms with Crippen LogP contribution < -0.4 is 5.32 Å². The minimum absolute atomic E-state index is 0.0693. The fourth-order valence-electron chi connectivity index (χ4n) is 2.44. The molecule has 20 heavy (non-hydrogen) atoms. The molecular formula is C16H19NO3. The van der Waals surface area contributed by atoms with E-state index in [0.717, 1.165) is 30.4 Å². The monoisotopic (exact) mass is 273 g/mol. The Morgan fingerprint density at radius 3 is 2.65 bits per heavy atom. The number of benzene rings is 1. The lowest BCUT2D eigenvalue weighted by atomic mass is 10.0. The lowest BCUT2D eigenvalue weighted by Gasteiger charge is -2.11. The number of carbonyl (C=O) groups is 2. The number of allylic oxidation sites excluding steroid dienone is 1. The van der Waals surface area contributed by atoms with Gasteiger partial charge in [-0.2, -0.15) is 0 Å². The first-order valence-electron chi connectivity index (χ1n) is 6.82. The molecule has 0 saturated carbocycles. The van der Waals surface area contributed by atoms with E-state index in [4.69, 9.17) is 5.11 Å². The Kier molecular flexibility index (Phi) is 4.23. The number of anilines is 1. The largest absolute Gasteiger partial charge is 0.481 e. The molecule has 1 aliphatic carbocycles. The molecule has 0 heterocycles. The van der Waals surface area contributed by atoms with Gasteiger partial charge in [-0.15, -0.1) is 0 Å². The summed E-state index contributed by atoms with van der Waals surface area (Å²) in [6.07, 6.45) is 2.84. The Hall–Kier alpha value is -2.10. The minimum Gasteiger partial charge on any atom is -0.481 e. The van der Waals surface area contributed by atoms with Gasteiger partial charge < -0.3 is 10.4 Å². The standard InChI is InChI=1S/C16H19NO3/c1-10-5-3-8-14(10)15(18)17-13-7-4-6-12(9-13)11(2)16(19)20/h4,6-7,9,11H,3,5,8H2,1-2H3,(H,17,18)(H,19,20). The number of nitrogens with one attached hydrogen (secondary N) is 1. The van der Waals surface area contributed by atoms with Gasteiger partial charge in [0.15, 0.2) is 0 Å². The summed E-state index contributed by atoms with van der Waals surface area (Å²) in [6.45, 7) is 3.62. The molecule has 1 unspecified atom stereocenters. The molecule has 0 aromatic heterocycles. The molecule has 2 N–H and O–H groups in total. The van der Waals surface area contributed by atoms with Crippen molar-refractivity contribution in [3.8, 4) is 0 Å². The summed E-state index contributed by atoms with van der Waals surface area (Å²) >= 11 is 0. The highest BCUT2D eigenvalue weighted by atomic mass is 16.4. The van der Waals surface area contributed by atoms with Crippen molar-refractivity contribution in [2.75, 3.05) is 5.32 Å². The second-order valence-electron chi connectivity index (χ2n) is 5.25. The second kappa shape index (κ2) is 5.90. The van der Waals surface area contributed by atoms with Gasteiger partial charge >= 0.3 is 5.97 Å². The van der Waals surface area contributed by atoms with E-state index in [2.05, 4.69) is 5.32 Å². The number of aliphatic carboxylic acids is 1. The third kappa shape index (κ3) is 3.07. The summed E-state index contributed by atoms with van der Waals surface area (Å²) in [4.78, 5) is 23.1. The van der Waals surface area contributed by atoms with E-state index in [0.29, 0.717) is 11.3 Å². The van der Waals surface area contributed by atoms with Crippen LogP contribution in [0.15, 0.2) is 35.4 Å². The van der Waals surface area contributed by atoms with E-state index in [1.165, 1.54) is 0 Å². The molecule has 2 rings (SSSR count). The van der Waals surface area contributed by atoms with E-state index < -0.39 is 11.9 Å². The molecule has 0 aliphatic heterocycles. The summed E-state index contributed by atoms with van der Waals surface area (Å²) in [6, 6.07) is 7.02. The van der Waals surface area contributed by atoms with Crippen LogP contribution in [0.25, 0.3) is 0 Å². The van der Waals surface area contributed by atoms with Crippen molar-refractivity contribution in [1.29, 1.82) is 0 Å². The van der Waals surface area contributed by atoms with Gasteiger partial charge in [-0.3, -0.25) is 9.59 Å². The summed E-state index contributed by atoms with van der Waals surface area (Å²) in [5, 5.41) is 11.9. The van der Waals surface area contributed by atoms with Gasteiger partial charge in [0.2, 0.25) is 0 Å². The molecule has 1 atom stereocenters. The lowest BCUT2D eigenvalue weighted by molar-refractivity contribution is -0.138. The van der Waals surface area contributed by atoms with Crippen LogP contribution in [-0.4, -0.2) is 17.0 Å². The number of amides is 1.